The van der Waals surface area contributed by atoms with Crippen LogP contribution in [0.25, 0.3) is 0 Å². The molecule has 1 aliphatic heterocycles. The van der Waals surface area contributed by atoms with Crippen LogP contribution in [0.1, 0.15) is 17.2 Å². The van der Waals surface area contributed by atoms with Gasteiger partial charge in [0.2, 0.25) is 0 Å². The molecule has 14 heavy (non-hydrogen) atoms. The number of piperazine rings is 1. The van der Waals surface area contributed by atoms with Gasteiger partial charge in [0.1, 0.15) is 0 Å². The first-order valence-corrected chi connectivity index (χ1v) is 5.77. The maximum atomic E-state index is 3.61. The van der Waals surface area contributed by atoms with E-state index >= 15 is 0 Å². The average molecular weight is 255 g/mol. The fraction of sp³-hybridized carbons (Fsp3) is 0.455. The molecule has 2 N–H and O–H groups in total. The van der Waals surface area contributed by atoms with E-state index in [0.29, 0.717) is 6.04 Å². The average Bonchev–Trinajstić information content (AvgIpc) is 2.19. The molecule has 0 aliphatic carbocycles. The van der Waals surface area contributed by atoms with Crippen LogP contribution in [-0.2, 0) is 0 Å². The Morgan fingerprint density at radius 1 is 1.36 bits per heavy atom. The summed E-state index contributed by atoms with van der Waals surface area (Å²) in [7, 11) is 0. The van der Waals surface area contributed by atoms with E-state index in [2.05, 4.69) is 51.7 Å². The lowest BCUT2D eigenvalue weighted by molar-refractivity contribution is 0.429. The van der Waals surface area contributed by atoms with Gasteiger partial charge in [-0.05, 0) is 24.1 Å². The van der Waals surface area contributed by atoms with E-state index in [1.807, 2.05) is 0 Å². The predicted molar refractivity (Wildman–Crippen MR) is 62.5 cm³/mol. The van der Waals surface area contributed by atoms with Crippen LogP contribution < -0.4 is 10.6 Å². The Hall–Kier alpha value is -0.380. The Balaban J connectivity index is 2.22. The lowest BCUT2D eigenvalue weighted by atomic mass is 10.0. The molecule has 0 bridgehead atoms. The monoisotopic (exact) mass is 254 g/mol. The highest BCUT2D eigenvalue weighted by Crippen LogP contribution is 2.24. The van der Waals surface area contributed by atoms with Crippen molar-refractivity contribution in [2.75, 3.05) is 19.6 Å². The summed E-state index contributed by atoms with van der Waals surface area (Å²) in [5.41, 5.74) is 2.65. The highest BCUT2D eigenvalue weighted by Gasteiger charge is 2.16. The molecule has 0 amide bonds. The smallest absolute Gasteiger partial charge is 0.0458 e. The summed E-state index contributed by atoms with van der Waals surface area (Å²) in [6.07, 6.45) is 0. The zero-order valence-electron chi connectivity index (χ0n) is 8.31. The van der Waals surface area contributed by atoms with E-state index in [0.717, 1.165) is 19.6 Å². The fourth-order valence-electron chi connectivity index (χ4n) is 1.79. The number of rotatable bonds is 1. The summed E-state index contributed by atoms with van der Waals surface area (Å²) in [5.74, 6) is 0. The molecule has 76 valence electrons. The number of nitrogens with one attached hydrogen (secondary N) is 2. The van der Waals surface area contributed by atoms with Crippen molar-refractivity contribution in [1.82, 2.24) is 10.6 Å². The second-order valence-electron chi connectivity index (χ2n) is 3.74. The Morgan fingerprint density at radius 3 is 2.86 bits per heavy atom. The summed E-state index contributed by atoms with van der Waals surface area (Å²) in [5, 5.41) is 6.89. The van der Waals surface area contributed by atoms with Gasteiger partial charge in [-0.3, -0.25) is 0 Å². The van der Waals surface area contributed by atoms with Gasteiger partial charge in [0.25, 0.3) is 0 Å². The third-order valence-electron chi connectivity index (χ3n) is 2.57. The fourth-order valence-corrected chi connectivity index (χ4v) is 2.56. The summed E-state index contributed by atoms with van der Waals surface area (Å²) >= 11 is 3.61. The molecule has 1 aliphatic rings. The molecule has 1 fully saturated rings. The predicted octanol–water partition coefficient (Wildman–Crippen LogP) is 1.99. The Kier molecular flexibility index (Phi) is 3.21. The number of hydrogen-bond donors (Lipinski definition) is 2. The van der Waals surface area contributed by atoms with Gasteiger partial charge in [-0.25, -0.2) is 0 Å². The SMILES string of the molecule is Cc1ccc([C@@H]2CNCCN2)c(Br)c1. The zero-order valence-corrected chi connectivity index (χ0v) is 9.89. The first-order valence-electron chi connectivity index (χ1n) is 4.97. The number of aryl methyl sites for hydroxylation is 1. The van der Waals surface area contributed by atoms with Crippen LogP contribution >= 0.6 is 15.9 Å². The van der Waals surface area contributed by atoms with Crippen molar-refractivity contribution in [3.8, 4) is 0 Å². The molecular weight excluding hydrogens is 240 g/mol. The van der Waals surface area contributed by atoms with Gasteiger partial charge in [-0.1, -0.05) is 28.1 Å². The summed E-state index contributed by atoms with van der Waals surface area (Å²) in [6.45, 7) is 5.24. The molecule has 0 spiro atoms. The van der Waals surface area contributed by atoms with Crippen molar-refractivity contribution in [3.63, 3.8) is 0 Å². The molecule has 1 heterocycles. The maximum Gasteiger partial charge on any atom is 0.0458 e. The van der Waals surface area contributed by atoms with Gasteiger partial charge in [-0.2, -0.15) is 0 Å². The van der Waals surface area contributed by atoms with Crippen LogP contribution in [0.15, 0.2) is 22.7 Å². The van der Waals surface area contributed by atoms with Gasteiger partial charge >= 0.3 is 0 Å². The molecule has 0 saturated carbocycles. The third kappa shape index (κ3) is 2.16. The minimum atomic E-state index is 0.443. The zero-order chi connectivity index (χ0) is 9.97. The van der Waals surface area contributed by atoms with Crippen molar-refractivity contribution < 1.29 is 0 Å². The molecule has 0 radical (unpaired) electrons. The minimum absolute atomic E-state index is 0.443. The molecule has 2 nitrogen and oxygen atoms in total. The van der Waals surface area contributed by atoms with E-state index in [9.17, 15) is 0 Å². The Labute approximate surface area is 93.2 Å². The molecule has 0 aromatic heterocycles. The molecule has 2 rings (SSSR count). The van der Waals surface area contributed by atoms with Crippen molar-refractivity contribution in [3.05, 3.63) is 33.8 Å². The molecule has 3 heteroatoms. The van der Waals surface area contributed by atoms with Gasteiger partial charge < -0.3 is 10.6 Å². The van der Waals surface area contributed by atoms with Gasteiger partial charge in [0.15, 0.2) is 0 Å². The molecule has 0 unspecified atom stereocenters. The molecule has 1 saturated heterocycles. The maximum absolute atomic E-state index is 3.61. The van der Waals surface area contributed by atoms with Gasteiger partial charge in [-0.15, -0.1) is 0 Å². The van der Waals surface area contributed by atoms with Crippen molar-refractivity contribution in [1.29, 1.82) is 0 Å². The van der Waals surface area contributed by atoms with Crippen molar-refractivity contribution in [2.24, 2.45) is 0 Å². The highest BCUT2D eigenvalue weighted by atomic mass is 79.9. The van der Waals surface area contributed by atoms with Crippen LogP contribution in [0.4, 0.5) is 0 Å². The molecule has 1 atom stereocenters. The van der Waals surface area contributed by atoms with Crippen LogP contribution in [0.5, 0.6) is 0 Å². The quantitative estimate of drug-likeness (QED) is 0.802. The minimum Gasteiger partial charge on any atom is -0.314 e. The van der Waals surface area contributed by atoms with Crippen LogP contribution in [0.2, 0.25) is 0 Å². The molecule has 1 aromatic rings. The molecule has 1 aromatic carbocycles. The van der Waals surface area contributed by atoms with Gasteiger partial charge in [0.05, 0.1) is 0 Å². The first-order chi connectivity index (χ1) is 6.77. The number of hydrogen-bond acceptors (Lipinski definition) is 2. The lowest BCUT2D eigenvalue weighted by Crippen LogP contribution is -2.42. The first kappa shape index (κ1) is 10.1. The van der Waals surface area contributed by atoms with E-state index in [-0.39, 0.29) is 0 Å². The van der Waals surface area contributed by atoms with E-state index < -0.39 is 0 Å². The summed E-state index contributed by atoms with van der Waals surface area (Å²) in [4.78, 5) is 0. The van der Waals surface area contributed by atoms with Crippen molar-refractivity contribution >= 4 is 15.9 Å². The van der Waals surface area contributed by atoms with Crippen molar-refractivity contribution in [2.45, 2.75) is 13.0 Å². The second-order valence-corrected chi connectivity index (χ2v) is 4.59. The van der Waals surface area contributed by atoms with E-state index in [1.165, 1.54) is 15.6 Å². The summed E-state index contributed by atoms with van der Waals surface area (Å²) < 4.78 is 1.21. The van der Waals surface area contributed by atoms with Crippen LogP contribution in [0.3, 0.4) is 0 Å². The molecular formula is C11H15BrN2. The lowest BCUT2D eigenvalue weighted by Gasteiger charge is -2.25. The topological polar surface area (TPSA) is 24.1 Å². The summed E-state index contributed by atoms with van der Waals surface area (Å²) in [6, 6.07) is 6.98. The normalized spacial score (nSPS) is 22.3. The highest BCUT2D eigenvalue weighted by molar-refractivity contribution is 9.10. The Bertz CT molecular complexity index is 319. The van der Waals surface area contributed by atoms with Crippen LogP contribution in [-0.4, -0.2) is 19.6 Å². The second kappa shape index (κ2) is 4.43. The van der Waals surface area contributed by atoms with Gasteiger partial charge in [0, 0.05) is 30.1 Å². The largest absolute Gasteiger partial charge is 0.314 e. The standard InChI is InChI=1S/C11H15BrN2/c1-8-2-3-9(10(12)6-8)11-7-13-4-5-14-11/h2-3,6,11,13-14H,4-5,7H2,1H3/t11-/m0/s1. The van der Waals surface area contributed by atoms with Crippen LogP contribution in [0, 0.1) is 6.92 Å². The number of benzene rings is 1. The third-order valence-corrected chi connectivity index (χ3v) is 3.26. The Morgan fingerprint density at radius 2 is 2.21 bits per heavy atom. The van der Waals surface area contributed by atoms with E-state index in [1.54, 1.807) is 0 Å². The number of halogens is 1. The van der Waals surface area contributed by atoms with E-state index in [4.69, 9.17) is 0 Å².